The van der Waals surface area contributed by atoms with E-state index in [2.05, 4.69) is 52.0 Å². The van der Waals surface area contributed by atoms with E-state index in [9.17, 15) is 38.4 Å². The molecule has 406 valence electrons. The Balaban J connectivity index is 0.000000379. The Hall–Kier alpha value is -4.22. The van der Waals surface area contributed by atoms with Crippen molar-refractivity contribution in [2.45, 2.75) is 98.9 Å². The van der Waals surface area contributed by atoms with Crippen LogP contribution in [0, 0.1) is 0 Å². The lowest BCUT2D eigenvalue weighted by atomic mass is 10.0. The molecule has 4 aliphatic rings. The highest BCUT2D eigenvalue weighted by molar-refractivity contribution is 8.00. The first kappa shape index (κ1) is 61.1. The molecule has 25 nitrogen and oxygen atoms in total. The lowest BCUT2D eigenvalue weighted by Gasteiger charge is -2.16. The second-order valence-electron chi connectivity index (χ2n) is 16.7. The van der Waals surface area contributed by atoms with Gasteiger partial charge in [-0.3, -0.25) is 19.2 Å². The van der Waals surface area contributed by atoms with Gasteiger partial charge < -0.3 is 85.9 Å². The second-order valence-corrected chi connectivity index (χ2v) is 19.2. The molecule has 71 heavy (non-hydrogen) atoms. The van der Waals surface area contributed by atoms with Crippen molar-refractivity contribution in [2.24, 2.45) is 0 Å². The summed E-state index contributed by atoms with van der Waals surface area (Å²) in [6.45, 7) is 4.41. The number of carboxylic acid groups (broad SMARTS) is 2. The van der Waals surface area contributed by atoms with Crippen LogP contribution in [-0.2, 0) is 61.9 Å². The van der Waals surface area contributed by atoms with Crippen LogP contribution in [0.25, 0.3) is 0 Å². The minimum absolute atomic E-state index is 0.00529. The van der Waals surface area contributed by atoms with Crippen LogP contribution in [0.5, 0.6) is 0 Å². The molecule has 0 aromatic rings. The molecule has 4 rings (SSSR count). The summed E-state index contributed by atoms with van der Waals surface area (Å²) in [6.07, 6.45) is 7.97. The van der Waals surface area contributed by atoms with Gasteiger partial charge in [-0.2, -0.15) is 23.5 Å². The van der Waals surface area contributed by atoms with Crippen molar-refractivity contribution in [1.82, 2.24) is 42.5 Å². The number of hydrogen-bond donors (Lipinski definition) is 10. The standard InChI is InChI=1S/C24H42N4O9S.C20H34N4O8S/c29-20(6-2-1-5-19-23-18(17-38-19)27-24(33)28-23)25-7-3-9-34-11-13-36-14-12-35-10-4-8-26-21(30)15-37-16-22(31)32;25-16(4-2-1-3-15-19-14(13-33-15)23-20(29)24-19)21-5-7-30-9-10-31-8-6-22-17(26)11-32-12-18(27)28/h18-19,23H,1-17H2,(H,25,29)(H,26,30)(H,31,32)(H2,27,28,33);14-15,19H,1-13H2,(H,21,25)(H,22,26)(H,27,28)(H2,23,24,29). The highest BCUT2D eigenvalue weighted by Crippen LogP contribution is 2.34. The zero-order chi connectivity index (χ0) is 51.3. The predicted molar refractivity (Wildman–Crippen MR) is 260 cm³/mol. The van der Waals surface area contributed by atoms with Gasteiger partial charge in [-0.25, -0.2) is 19.2 Å². The number of unbranched alkanes of at least 4 members (excludes halogenated alkanes) is 2. The van der Waals surface area contributed by atoms with Gasteiger partial charge in [0.15, 0.2) is 0 Å². The molecule has 10 N–H and O–H groups in total. The summed E-state index contributed by atoms with van der Waals surface area (Å²) in [4.78, 5) is 89.9. The highest BCUT2D eigenvalue weighted by atomic mass is 32.2. The molecule has 0 radical (unpaired) electrons. The van der Waals surface area contributed by atoms with Gasteiger partial charge in [-0.1, -0.05) is 12.8 Å². The van der Waals surface area contributed by atoms with E-state index in [1.807, 2.05) is 23.5 Å². The summed E-state index contributed by atoms with van der Waals surface area (Å²) in [5.41, 5.74) is 0. The minimum atomic E-state index is -1.13. The van der Waals surface area contributed by atoms with Crippen molar-refractivity contribution in [3.8, 4) is 0 Å². The number of carbonyl (C=O) groups is 8. The van der Waals surface area contributed by atoms with E-state index in [-0.39, 0.29) is 73.7 Å². The molecule has 6 atom stereocenters. The molecule has 0 aliphatic carbocycles. The van der Waals surface area contributed by atoms with E-state index in [4.69, 9.17) is 33.9 Å². The third kappa shape index (κ3) is 29.8. The average Bonchev–Trinajstić information content (AvgIpc) is 4.10. The van der Waals surface area contributed by atoms with E-state index in [0.717, 1.165) is 56.5 Å². The average molecular weight is 1050 g/mol. The van der Waals surface area contributed by atoms with Crippen LogP contribution < -0.4 is 42.5 Å². The molecule has 27 heteroatoms. The van der Waals surface area contributed by atoms with E-state index in [0.29, 0.717) is 115 Å². The van der Waals surface area contributed by atoms with Crippen molar-refractivity contribution in [3.05, 3.63) is 0 Å². The molecule has 4 fully saturated rings. The van der Waals surface area contributed by atoms with Gasteiger partial charge in [0.1, 0.15) is 26.4 Å². The zero-order valence-corrected chi connectivity index (χ0v) is 42.1. The first-order valence-corrected chi connectivity index (χ1v) is 26.4. The number of urea groups is 2. The Bertz CT molecular complexity index is 1610. The molecule has 0 aromatic carbocycles. The Kier molecular flexibility index (Phi) is 33.0. The SMILES string of the molecule is O=C(O)COCC(=O)NCCCOCCOCCOCCCNC(=O)CCCCC1SCC2NC(=O)NC21.O=C(O)COCC(=O)NCCOCCOCCNC(=O)CCCCC1SCC2NC(=O)NC21. The normalized spacial score (nSPS) is 20.6. The van der Waals surface area contributed by atoms with Crippen molar-refractivity contribution >= 4 is 71.2 Å². The molecule has 0 spiro atoms. The third-order valence-electron chi connectivity index (χ3n) is 10.9. The Morgan fingerprint density at radius 3 is 1.23 bits per heavy atom. The van der Waals surface area contributed by atoms with Gasteiger partial charge in [0.05, 0.1) is 77.0 Å². The maximum Gasteiger partial charge on any atom is 0.329 e. The van der Waals surface area contributed by atoms with Crippen LogP contribution in [-0.4, -0.2) is 223 Å². The summed E-state index contributed by atoms with van der Waals surface area (Å²) in [7, 11) is 0. The van der Waals surface area contributed by atoms with Gasteiger partial charge in [-0.15, -0.1) is 0 Å². The molecule has 4 aliphatic heterocycles. The van der Waals surface area contributed by atoms with Crippen molar-refractivity contribution in [3.63, 3.8) is 0 Å². The van der Waals surface area contributed by atoms with Gasteiger partial charge in [0, 0.05) is 74.2 Å². The first-order chi connectivity index (χ1) is 34.4. The van der Waals surface area contributed by atoms with Gasteiger partial charge in [0.2, 0.25) is 23.6 Å². The summed E-state index contributed by atoms with van der Waals surface area (Å²) >= 11 is 3.78. The lowest BCUT2D eigenvalue weighted by molar-refractivity contribution is -0.145. The molecule has 0 aromatic heterocycles. The first-order valence-electron chi connectivity index (χ1n) is 24.3. The molecule has 4 heterocycles. The van der Waals surface area contributed by atoms with Crippen LogP contribution in [0.3, 0.4) is 0 Å². The quantitative estimate of drug-likeness (QED) is 0.0258. The zero-order valence-electron chi connectivity index (χ0n) is 40.5. The number of carbonyl (C=O) groups excluding carboxylic acids is 6. The van der Waals surface area contributed by atoms with Crippen LogP contribution in [0.1, 0.15) is 64.2 Å². The summed E-state index contributed by atoms with van der Waals surface area (Å²) in [5.74, 6) is -1.04. The topological polar surface area (TPSA) is 338 Å². The van der Waals surface area contributed by atoms with Gasteiger partial charge in [0.25, 0.3) is 0 Å². The number of amides is 8. The number of nitrogens with one attached hydrogen (secondary N) is 8. The fourth-order valence-corrected chi connectivity index (χ4v) is 10.6. The maximum absolute atomic E-state index is 12.0. The van der Waals surface area contributed by atoms with Crippen LogP contribution in [0.2, 0.25) is 0 Å². The largest absolute Gasteiger partial charge is 0.480 e. The summed E-state index contributed by atoms with van der Waals surface area (Å²) < 4.78 is 36.4. The van der Waals surface area contributed by atoms with E-state index < -0.39 is 31.1 Å². The Labute approximate surface area is 423 Å². The smallest absolute Gasteiger partial charge is 0.329 e. The second kappa shape index (κ2) is 38.4. The van der Waals surface area contributed by atoms with Crippen LogP contribution in [0.4, 0.5) is 9.59 Å². The number of thioether (sulfide) groups is 2. The maximum atomic E-state index is 12.0. The number of carboxylic acids is 2. The fourth-order valence-electron chi connectivity index (χ4n) is 7.48. The molecular weight excluding hydrogens is 977 g/mol. The summed E-state index contributed by atoms with van der Waals surface area (Å²) in [6, 6.07) is 0.772. The van der Waals surface area contributed by atoms with E-state index in [1.54, 1.807) is 0 Å². The van der Waals surface area contributed by atoms with Crippen molar-refractivity contribution in [1.29, 1.82) is 0 Å². The van der Waals surface area contributed by atoms with E-state index >= 15 is 0 Å². The molecule has 6 unspecified atom stereocenters. The summed E-state index contributed by atoms with van der Waals surface area (Å²) in [5, 5.41) is 40.4. The third-order valence-corrected chi connectivity index (χ3v) is 13.9. The van der Waals surface area contributed by atoms with Crippen molar-refractivity contribution < 1.29 is 81.7 Å². The monoisotopic (exact) mass is 1050 g/mol. The molecule has 0 saturated carbocycles. The number of rotatable bonds is 41. The van der Waals surface area contributed by atoms with Crippen LogP contribution in [0.15, 0.2) is 0 Å². The van der Waals surface area contributed by atoms with Crippen LogP contribution >= 0.6 is 23.5 Å². The minimum Gasteiger partial charge on any atom is -0.480 e. The molecule has 0 bridgehead atoms. The number of aliphatic carboxylic acids is 2. The number of ether oxygens (including phenoxy) is 7. The molecule has 4 saturated heterocycles. The molecular formula is C44H76N8O17S2. The van der Waals surface area contributed by atoms with Gasteiger partial charge in [-0.05, 0) is 38.5 Å². The fraction of sp³-hybridized carbons (Fsp3) is 0.818. The number of fused-ring (bicyclic) bond motifs is 2. The van der Waals surface area contributed by atoms with Crippen molar-refractivity contribution in [2.75, 3.05) is 130 Å². The highest BCUT2D eigenvalue weighted by Gasteiger charge is 2.43. The predicted octanol–water partition coefficient (Wildman–Crippen LogP) is -1.05. The number of hydrogen-bond acceptors (Lipinski definition) is 17. The molecule has 8 amide bonds. The van der Waals surface area contributed by atoms with E-state index in [1.165, 1.54) is 0 Å². The van der Waals surface area contributed by atoms with Gasteiger partial charge >= 0.3 is 24.0 Å². The lowest BCUT2D eigenvalue weighted by Crippen LogP contribution is -2.36. The Morgan fingerprint density at radius 2 is 0.803 bits per heavy atom. The Morgan fingerprint density at radius 1 is 0.437 bits per heavy atom.